The Morgan fingerprint density at radius 1 is 0.979 bits per heavy atom. The van der Waals surface area contributed by atoms with Gasteiger partial charge < -0.3 is 15.4 Å². The van der Waals surface area contributed by atoms with Gasteiger partial charge in [-0.05, 0) is 67.3 Å². The number of carbonyl (C=O) groups is 1. The maximum atomic E-state index is 12.3. The van der Waals surface area contributed by atoms with Crippen molar-refractivity contribution in [3.63, 3.8) is 0 Å². The number of hydrogen-bond acceptors (Lipinski definition) is 10. The molecule has 5 aromatic rings. The number of rotatable bonds is 7. The van der Waals surface area contributed by atoms with Crippen molar-refractivity contribution < 1.29 is 9.53 Å². The number of hydrogen-bond donors (Lipinski definition) is 1. The lowest BCUT2D eigenvalue weighted by Gasteiger charge is -2.28. The monoisotopic (exact) mass is 646 g/mol. The van der Waals surface area contributed by atoms with Crippen molar-refractivity contribution in [1.82, 2.24) is 24.8 Å². The van der Waals surface area contributed by atoms with Crippen molar-refractivity contribution in [2.24, 2.45) is 0 Å². The Balaban J connectivity index is 1.10. The third-order valence-electron chi connectivity index (χ3n) is 8.85. The van der Waals surface area contributed by atoms with E-state index in [2.05, 4.69) is 82.3 Å². The van der Waals surface area contributed by atoms with Crippen LogP contribution in [0.4, 0.5) is 17.5 Å². The lowest BCUT2D eigenvalue weighted by molar-refractivity contribution is -0.116. The van der Waals surface area contributed by atoms with Crippen LogP contribution in [0.5, 0.6) is 0 Å². The highest BCUT2D eigenvalue weighted by Crippen LogP contribution is 2.38. The molecule has 0 saturated carbocycles. The molecule has 1 amide bonds. The molecule has 1 saturated heterocycles. The van der Waals surface area contributed by atoms with Crippen molar-refractivity contribution >= 4 is 44.9 Å². The summed E-state index contributed by atoms with van der Waals surface area (Å²) in [7, 11) is 2.16. The number of allylic oxidation sites excluding steroid dienone is 2. The Labute approximate surface area is 278 Å². The molecular weight excluding hydrogens is 609 g/mol. The van der Waals surface area contributed by atoms with E-state index in [1.807, 2.05) is 6.92 Å². The van der Waals surface area contributed by atoms with Crippen molar-refractivity contribution in [2.75, 3.05) is 48.9 Å². The van der Waals surface area contributed by atoms with Gasteiger partial charge in [0.15, 0.2) is 11.6 Å². The van der Waals surface area contributed by atoms with Crippen LogP contribution in [0.15, 0.2) is 66.6 Å². The molecule has 10 nitrogen and oxygen atoms in total. The number of benzene rings is 2. The highest BCUT2D eigenvalue weighted by molar-refractivity contribution is 7.19. The molecule has 2 aliphatic heterocycles. The maximum absolute atomic E-state index is 12.3. The normalized spacial score (nSPS) is 14.9. The van der Waals surface area contributed by atoms with E-state index in [9.17, 15) is 4.79 Å². The van der Waals surface area contributed by atoms with Gasteiger partial charge in [0, 0.05) is 56.1 Å². The van der Waals surface area contributed by atoms with Crippen LogP contribution in [0.2, 0.25) is 0 Å². The lowest BCUT2D eigenvalue weighted by Crippen LogP contribution is -2.36. The second-order valence-electron chi connectivity index (χ2n) is 12.2. The molecule has 5 heterocycles. The number of aryl methyl sites for hydroxylation is 1. The number of ether oxygens (including phenoxy) is 1. The zero-order chi connectivity index (χ0) is 32.7. The first-order valence-corrected chi connectivity index (χ1v) is 16.7. The predicted octanol–water partition coefficient (Wildman–Crippen LogP) is 5.99. The first-order valence-electron chi connectivity index (χ1n) is 15.8. The first-order chi connectivity index (χ1) is 22.7. The van der Waals surface area contributed by atoms with Gasteiger partial charge in [0.1, 0.15) is 0 Å². The van der Waals surface area contributed by atoms with Crippen molar-refractivity contribution in [1.29, 1.82) is 0 Å². The SMILES string of the molecule is CC(=O)N1C(C)=CCc2cc(-c3ccc(CN(C)Cc4sc5c(N6CCOCC6)nc(-c6cnc(N)nc6)nc5c4C)cc3)ccc21. The number of fused-ring (bicyclic) bond motifs is 2. The van der Waals surface area contributed by atoms with Gasteiger partial charge >= 0.3 is 0 Å². The van der Waals surface area contributed by atoms with Gasteiger partial charge in [-0.1, -0.05) is 36.4 Å². The molecule has 2 aromatic carbocycles. The number of anilines is 3. The minimum absolute atomic E-state index is 0.0373. The summed E-state index contributed by atoms with van der Waals surface area (Å²) < 4.78 is 6.73. The molecule has 0 atom stereocenters. The van der Waals surface area contributed by atoms with E-state index >= 15 is 0 Å². The molecule has 0 bridgehead atoms. The van der Waals surface area contributed by atoms with Crippen molar-refractivity contribution in [3.05, 3.63) is 88.2 Å². The Morgan fingerprint density at radius 2 is 1.70 bits per heavy atom. The van der Waals surface area contributed by atoms with Gasteiger partial charge in [-0.15, -0.1) is 11.3 Å². The van der Waals surface area contributed by atoms with Gasteiger partial charge in [0.2, 0.25) is 11.9 Å². The number of nitrogens with two attached hydrogens (primary N) is 1. The van der Waals surface area contributed by atoms with E-state index in [1.165, 1.54) is 21.6 Å². The third kappa shape index (κ3) is 6.21. The minimum atomic E-state index is 0.0373. The molecule has 240 valence electrons. The average molecular weight is 647 g/mol. The van der Waals surface area contributed by atoms with Crippen LogP contribution in [0.25, 0.3) is 32.7 Å². The highest BCUT2D eigenvalue weighted by atomic mass is 32.1. The second-order valence-corrected chi connectivity index (χ2v) is 13.4. The van der Waals surface area contributed by atoms with E-state index in [-0.39, 0.29) is 11.9 Å². The van der Waals surface area contributed by atoms with E-state index in [4.69, 9.17) is 20.4 Å². The Hall–Kier alpha value is -4.71. The number of aromatic nitrogens is 4. The molecule has 0 radical (unpaired) electrons. The topological polar surface area (TPSA) is 114 Å². The Bertz CT molecular complexity index is 1980. The fourth-order valence-corrected chi connectivity index (χ4v) is 7.70. The van der Waals surface area contributed by atoms with Crippen LogP contribution < -0.4 is 15.5 Å². The summed E-state index contributed by atoms with van der Waals surface area (Å²) in [5.74, 6) is 1.80. The molecule has 3 aromatic heterocycles. The Kier molecular flexibility index (Phi) is 8.44. The molecule has 2 N–H and O–H groups in total. The number of carbonyl (C=O) groups excluding carboxylic acids is 1. The maximum Gasteiger partial charge on any atom is 0.228 e. The molecule has 7 rings (SSSR count). The summed E-state index contributed by atoms with van der Waals surface area (Å²) in [5, 5.41) is 0. The van der Waals surface area contributed by atoms with Gasteiger partial charge in [0.25, 0.3) is 0 Å². The summed E-state index contributed by atoms with van der Waals surface area (Å²) in [6.45, 7) is 10.3. The standard InChI is InChI=1S/C36H38N8O2S/c1-22-5-8-28-17-27(11-12-30(28)44(22)24(3)45)26-9-6-25(7-10-26)20-42(4)21-31-23(2)32-33(47-31)35(43-13-15-46-16-14-43)41-34(40-32)29-18-38-36(37)39-19-29/h5-7,9-12,17-19H,8,13-16,20-21H2,1-4H3,(H2,37,38,39). The molecule has 47 heavy (non-hydrogen) atoms. The molecule has 11 heteroatoms. The highest BCUT2D eigenvalue weighted by Gasteiger charge is 2.24. The summed E-state index contributed by atoms with van der Waals surface area (Å²) in [4.78, 5) is 38.3. The summed E-state index contributed by atoms with van der Waals surface area (Å²) in [6, 6.07) is 15.2. The minimum Gasteiger partial charge on any atom is -0.378 e. The van der Waals surface area contributed by atoms with E-state index < -0.39 is 0 Å². The molecule has 0 unspecified atom stereocenters. The van der Waals surface area contributed by atoms with Crippen LogP contribution >= 0.6 is 11.3 Å². The Morgan fingerprint density at radius 3 is 2.43 bits per heavy atom. The molecule has 0 spiro atoms. The van der Waals surface area contributed by atoms with Crippen LogP contribution in [0.3, 0.4) is 0 Å². The average Bonchev–Trinajstić information content (AvgIpc) is 3.39. The zero-order valence-electron chi connectivity index (χ0n) is 27.2. The fourth-order valence-electron chi connectivity index (χ4n) is 6.36. The fraction of sp³-hybridized carbons (Fsp3) is 0.306. The zero-order valence-corrected chi connectivity index (χ0v) is 28.0. The van der Waals surface area contributed by atoms with E-state index in [0.29, 0.717) is 19.0 Å². The smallest absolute Gasteiger partial charge is 0.228 e. The first kappa shape index (κ1) is 30.9. The number of nitrogen functional groups attached to an aromatic ring is 1. The molecule has 0 aliphatic carbocycles. The summed E-state index contributed by atoms with van der Waals surface area (Å²) in [5.41, 5.74) is 15.3. The number of nitrogens with zero attached hydrogens (tertiary/aromatic N) is 7. The van der Waals surface area contributed by atoms with E-state index in [0.717, 1.165) is 76.7 Å². The number of morpholine rings is 1. The summed E-state index contributed by atoms with van der Waals surface area (Å²) >= 11 is 1.77. The molecular formula is C36H38N8O2S. The molecule has 1 fully saturated rings. The van der Waals surface area contributed by atoms with Crippen molar-refractivity contribution in [2.45, 2.75) is 40.3 Å². The van der Waals surface area contributed by atoms with Crippen LogP contribution in [-0.4, -0.2) is 64.1 Å². The quantitative estimate of drug-likeness (QED) is 0.228. The van der Waals surface area contributed by atoms with Crippen LogP contribution in [0, 0.1) is 6.92 Å². The van der Waals surface area contributed by atoms with Gasteiger partial charge in [-0.3, -0.25) is 14.6 Å². The van der Waals surface area contributed by atoms with Gasteiger partial charge in [-0.25, -0.2) is 19.9 Å². The van der Waals surface area contributed by atoms with Crippen molar-refractivity contribution in [3.8, 4) is 22.5 Å². The van der Waals surface area contributed by atoms with Gasteiger partial charge in [-0.2, -0.15) is 0 Å². The third-order valence-corrected chi connectivity index (χ3v) is 10.1. The van der Waals surface area contributed by atoms with E-state index in [1.54, 1.807) is 35.6 Å². The van der Waals surface area contributed by atoms with Crippen LogP contribution in [-0.2, 0) is 29.0 Å². The second kappa shape index (κ2) is 12.8. The number of thiophene rings is 1. The molecule has 2 aliphatic rings. The predicted molar refractivity (Wildman–Crippen MR) is 188 cm³/mol. The van der Waals surface area contributed by atoms with Gasteiger partial charge in [0.05, 0.1) is 34.7 Å². The summed E-state index contributed by atoms with van der Waals surface area (Å²) in [6.07, 6.45) is 6.31. The van der Waals surface area contributed by atoms with Crippen LogP contribution in [0.1, 0.15) is 35.4 Å². The number of amides is 1. The lowest BCUT2D eigenvalue weighted by atomic mass is 9.96. The largest absolute Gasteiger partial charge is 0.378 e.